The third-order valence-electron chi connectivity index (χ3n) is 3.59. The zero-order chi connectivity index (χ0) is 16.8. The van der Waals surface area contributed by atoms with Crippen LogP contribution in [0.2, 0.25) is 0 Å². The highest BCUT2D eigenvalue weighted by Gasteiger charge is 2.02. The maximum absolute atomic E-state index is 4.69. The molecule has 3 aromatic rings. The Labute approximate surface area is 153 Å². The molecule has 5 heteroatoms. The largest absolute Gasteiger partial charge is 0.378 e. The van der Waals surface area contributed by atoms with Crippen LogP contribution in [0.4, 0.5) is 11.4 Å². The number of benzene rings is 2. The molecule has 3 rings (SSSR count). The van der Waals surface area contributed by atoms with E-state index in [9.17, 15) is 0 Å². The van der Waals surface area contributed by atoms with Crippen LogP contribution in [0.3, 0.4) is 0 Å². The molecule has 0 bridgehead atoms. The Hall–Kier alpha value is -2.11. The first kappa shape index (κ1) is 16.7. The number of hydrogen-bond acceptors (Lipinski definition) is 5. The molecule has 0 saturated heterocycles. The molecule has 3 nitrogen and oxygen atoms in total. The normalized spacial score (nSPS) is 10.4. The number of hydrogen-bond donors (Lipinski definition) is 4. The summed E-state index contributed by atoms with van der Waals surface area (Å²) in [7, 11) is 0. The predicted octanol–water partition coefficient (Wildman–Crippen LogP) is 4.88. The predicted molar refractivity (Wildman–Crippen MR) is 106 cm³/mol. The van der Waals surface area contributed by atoms with E-state index in [-0.39, 0.29) is 0 Å². The summed E-state index contributed by atoms with van der Waals surface area (Å²) in [5.41, 5.74) is 4.00. The van der Waals surface area contributed by atoms with Gasteiger partial charge in [-0.3, -0.25) is 4.98 Å². The van der Waals surface area contributed by atoms with Crippen molar-refractivity contribution < 1.29 is 0 Å². The lowest BCUT2D eigenvalue weighted by Crippen LogP contribution is -2.06. The number of nitrogens with zero attached hydrogens (tertiary/aromatic N) is 1. The van der Waals surface area contributed by atoms with E-state index >= 15 is 0 Å². The molecular formula is C19H19N3S2. The summed E-state index contributed by atoms with van der Waals surface area (Å²) in [6, 6.07) is 21.9. The summed E-state index contributed by atoms with van der Waals surface area (Å²) >= 11 is 8.90. The van der Waals surface area contributed by atoms with Crippen molar-refractivity contribution in [2.75, 3.05) is 10.6 Å². The van der Waals surface area contributed by atoms with Crippen molar-refractivity contribution in [1.82, 2.24) is 4.98 Å². The second-order valence-corrected chi connectivity index (χ2v) is 6.33. The minimum atomic E-state index is 0.661. The fraction of sp³-hybridized carbons (Fsp3) is 0.105. The van der Waals surface area contributed by atoms with Gasteiger partial charge in [0.1, 0.15) is 0 Å². The molecule has 122 valence electrons. The average Bonchev–Trinajstić information content (AvgIpc) is 2.61. The van der Waals surface area contributed by atoms with Gasteiger partial charge in [-0.2, -0.15) is 0 Å². The summed E-state index contributed by atoms with van der Waals surface area (Å²) in [5, 5.41) is 6.74. The number of pyridine rings is 1. The highest BCUT2D eigenvalue weighted by Crippen LogP contribution is 2.20. The van der Waals surface area contributed by atoms with Crippen molar-refractivity contribution in [2.45, 2.75) is 22.9 Å². The maximum atomic E-state index is 4.69. The van der Waals surface area contributed by atoms with Crippen molar-refractivity contribution in [3.05, 3.63) is 78.1 Å². The van der Waals surface area contributed by atoms with Crippen molar-refractivity contribution in [1.29, 1.82) is 0 Å². The zero-order valence-corrected chi connectivity index (χ0v) is 14.9. The molecule has 0 saturated carbocycles. The zero-order valence-electron chi connectivity index (χ0n) is 13.1. The van der Waals surface area contributed by atoms with Crippen LogP contribution in [0, 0.1) is 0 Å². The first-order chi connectivity index (χ1) is 11.7. The minimum Gasteiger partial charge on any atom is -0.378 e. The molecule has 1 heterocycles. The highest BCUT2D eigenvalue weighted by molar-refractivity contribution is 7.80. The van der Waals surface area contributed by atoms with Gasteiger partial charge in [0, 0.05) is 21.2 Å². The summed E-state index contributed by atoms with van der Waals surface area (Å²) in [6.07, 6.45) is 0. The van der Waals surface area contributed by atoms with Gasteiger partial charge in [0.15, 0.2) is 0 Å². The van der Waals surface area contributed by atoms with Crippen LogP contribution in [-0.2, 0) is 13.1 Å². The third kappa shape index (κ3) is 4.46. The second-order valence-electron chi connectivity index (χ2n) is 5.36. The molecule has 1 aromatic heterocycles. The van der Waals surface area contributed by atoms with Crippen LogP contribution in [0.25, 0.3) is 0 Å². The number of thiol groups is 2. The summed E-state index contributed by atoms with van der Waals surface area (Å²) in [4.78, 5) is 6.55. The van der Waals surface area contributed by atoms with Gasteiger partial charge in [-0.25, -0.2) is 0 Å². The molecule has 0 aliphatic carbocycles. The summed E-state index contributed by atoms with van der Waals surface area (Å²) in [5.74, 6) is 0. The van der Waals surface area contributed by atoms with Gasteiger partial charge in [-0.1, -0.05) is 30.3 Å². The standard InChI is InChI=1S/C19H19N3S2/c23-18-10-3-1-8-16(18)20-12-14-6-5-7-15(22-14)13-21-17-9-2-4-11-19(17)24/h1-11,20-21,23-24H,12-13H2. The molecule has 2 aromatic carbocycles. The third-order valence-corrected chi connectivity index (χ3v) is 4.37. The van der Waals surface area contributed by atoms with Crippen molar-refractivity contribution in [2.24, 2.45) is 0 Å². The molecular weight excluding hydrogens is 334 g/mol. The Morgan fingerprint density at radius 1 is 0.625 bits per heavy atom. The number of aromatic nitrogens is 1. The Morgan fingerprint density at radius 3 is 1.54 bits per heavy atom. The molecule has 2 N–H and O–H groups in total. The van der Waals surface area contributed by atoms with Crippen LogP contribution in [0.1, 0.15) is 11.4 Å². The van der Waals surface area contributed by atoms with Gasteiger partial charge in [-0.05, 0) is 36.4 Å². The van der Waals surface area contributed by atoms with E-state index in [0.717, 1.165) is 32.6 Å². The Morgan fingerprint density at radius 2 is 1.08 bits per heavy atom. The van der Waals surface area contributed by atoms with Crippen LogP contribution in [0.15, 0.2) is 76.5 Å². The SMILES string of the molecule is Sc1ccccc1NCc1cccc(CNc2ccccc2S)n1. The van der Waals surface area contributed by atoms with Gasteiger partial charge in [-0.15, -0.1) is 25.3 Å². The lowest BCUT2D eigenvalue weighted by molar-refractivity contribution is 0.961. The molecule has 0 aliphatic heterocycles. The second kappa shape index (κ2) is 8.13. The molecule has 0 atom stereocenters. The molecule has 0 unspecified atom stereocenters. The quantitative estimate of drug-likeness (QED) is 0.477. The summed E-state index contributed by atoms with van der Waals surface area (Å²) < 4.78 is 0. The molecule has 0 radical (unpaired) electrons. The minimum absolute atomic E-state index is 0.661. The Kier molecular flexibility index (Phi) is 5.67. The molecule has 0 fully saturated rings. The molecule has 24 heavy (non-hydrogen) atoms. The van der Waals surface area contributed by atoms with Gasteiger partial charge >= 0.3 is 0 Å². The fourth-order valence-corrected chi connectivity index (χ4v) is 2.82. The number of anilines is 2. The van der Waals surface area contributed by atoms with E-state index < -0.39 is 0 Å². The van der Waals surface area contributed by atoms with Crippen molar-refractivity contribution >= 4 is 36.6 Å². The lowest BCUT2D eigenvalue weighted by atomic mass is 10.2. The first-order valence-electron chi connectivity index (χ1n) is 7.71. The molecule has 0 amide bonds. The monoisotopic (exact) mass is 353 g/mol. The average molecular weight is 354 g/mol. The van der Waals surface area contributed by atoms with E-state index in [0.29, 0.717) is 13.1 Å². The van der Waals surface area contributed by atoms with Crippen LogP contribution in [0.5, 0.6) is 0 Å². The van der Waals surface area contributed by atoms with Crippen molar-refractivity contribution in [3.63, 3.8) is 0 Å². The van der Waals surface area contributed by atoms with Gasteiger partial charge in [0.25, 0.3) is 0 Å². The van der Waals surface area contributed by atoms with E-state index in [1.165, 1.54) is 0 Å². The highest BCUT2D eigenvalue weighted by atomic mass is 32.1. The van der Waals surface area contributed by atoms with E-state index in [1.54, 1.807) is 0 Å². The van der Waals surface area contributed by atoms with Crippen molar-refractivity contribution in [3.8, 4) is 0 Å². The van der Waals surface area contributed by atoms with Gasteiger partial charge in [0.2, 0.25) is 0 Å². The maximum Gasteiger partial charge on any atom is 0.0598 e. The fourth-order valence-electron chi connectivity index (χ4n) is 2.34. The van der Waals surface area contributed by atoms with E-state index in [4.69, 9.17) is 0 Å². The van der Waals surface area contributed by atoms with E-state index in [2.05, 4.69) is 40.9 Å². The van der Waals surface area contributed by atoms with Gasteiger partial charge in [0.05, 0.1) is 24.5 Å². The van der Waals surface area contributed by atoms with Crippen LogP contribution >= 0.6 is 25.3 Å². The van der Waals surface area contributed by atoms with Gasteiger partial charge < -0.3 is 10.6 Å². The molecule has 0 aliphatic rings. The Balaban J connectivity index is 1.62. The smallest absolute Gasteiger partial charge is 0.0598 e. The first-order valence-corrected chi connectivity index (χ1v) is 8.60. The molecule has 0 spiro atoms. The van der Waals surface area contributed by atoms with Crippen LogP contribution in [-0.4, -0.2) is 4.98 Å². The van der Waals surface area contributed by atoms with Crippen LogP contribution < -0.4 is 10.6 Å². The lowest BCUT2D eigenvalue weighted by Gasteiger charge is -2.11. The number of nitrogens with one attached hydrogen (secondary N) is 2. The topological polar surface area (TPSA) is 37.0 Å². The summed E-state index contributed by atoms with van der Waals surface area (Å²) in [6.45, 7) is 1.32. The number of rotatable bonds is 6. The Bertz CT molecular complexity index is 756. The van der Waals surface area contributed by atoms with E-state index in [1.807, 2.05) is 66.7 Å². The number of para-hydroxylation sites is 2.